The molecule has 2 saturated heterocycles. The molecule has 2 heterocycles. The van der Waals surface area contributed by atoms with Crippen molar-refractivity contribution < 1.29 is 27.1 Å². The minimum absolute atomic E-state index is 0.0641. The maximum absolute atomic E-state index is 13.9. The van der Waals surface area contributed by atoms with Gasteiger partial charge in [-0.2, -0.15) is 18.4 Å². The smallest absolute Gasteiger partial charge is 0.384 e. The van der Waals surface area contributed by atoms with Crippen LogP contribution in [0.4, 0.5) is 33.7 Å². The van der Waals surface area contributed by atoms with E-state index in [1.54, 1.807) is 36.3 Å². The van der Waals surface area contributed by atoms with Gasteiger partial charge in [0.2, 0.25) is 0 Å². The number of ether oxygens (including phenoxy) is 1. The highest BCUT2D eigenvalue weighted by Crippen LogP contribution is 2.47. The zero-order valence-electron chi connectivity index (χ0n) is 19.2. The van der Waals surface area contributed by atoms with Crippen molar-refractivity contribution in [1.82, 2.24) is 4.90 Å². The van der Waals surface area contributed by atoms with E-state index < -0.39 is 23.1 Å². The van der Waals surface area contributed by atoms with E-state index in [4.69, 9.17) is 10.00 Å². The van der Waals surface area contributed by atoms with Gasteiger partial charge in [-0.3, -0.25) is 0 Å². The summed E-state index contributed by atoms with van der Waals surface area (Å²) in [6.45, 7) is 2.36. The molecule has 1 atom stereocenters. The first kappa shape index (κ1) is 24.8. The van der Waals surface area contributed by atoms with Crippen LogP contribution in [-0.4, -0.2) is 50.8 Å². The number of urea groups is 1. The Morgan fingerprint density at radius 2 is 1.94 bits per heavy atom. The Bertz CT molecular complexity index is 1120. The van der Waals surface area contributed by atoms with Gasteiger partial charge in [-0.1, -0.05) is 12.1 Å². The fourth-order valence-corrected chi connectivity index (χ4v) is 5.20. The number of nitriles is 1. The molecule has 2 aromatic carbocycles. The van der Waals surface area contributed by atoms with Gasteiger partial charge in [-0.15, -0.1) is 0 Å². The molecule has 2 aromatic rings. The monoisotopic (exact) mass is 490 g/mol. The number of nitrogens with zero attached hydrogens (tertiary/aromatic N) is 3. The van der Waals surface area contributed by atoms with Crippen LogP contribution < -0.4 is 10.2 Å². The molecule has 0 saturated carbocycles. The van der Waals surface area contributed by atoms with E-state index in [0.29, 0.717) is 51.3 Å². The number of carbonyl (C=O) groups excluding carboxylic acids is 1. The number of hydrogen-bond acceptors (Lipinski definition) is 4. The number of rotatable bonds is 4. The summed E-state index contributed by atoms with van der Waals surface area (Å²) in [7, 11) is 1.59. The average molecular weight is 491 g/mol. The van der Waals surface area contributed by atoms with E-state index in [0.717, 1.165) is 6.07 Å². The van der Waals surface area contributed by atoms with E-state index in [1.807, 2.05) is 4.90 Å². The number of benzene rings is 2. The van der Waals surface area contributed by atoms with Crippen LogP contribution in [0.25, 0.3) is 0 Å². The quantitative estimate of drug-likeness (QED) is 0.605. The number of nitrogens with one attached hydrogen (secondary N) is 1. The van der Waals surface area contributed by atoms with Crippen LogP contribution in [0.1, 0.15) is 24.0 Å². The Morgan fingerprint density at radius 3 is 2.57 bits per heavy atom. The molecule has 4 rings (SSSR count). The van der Waals surface area contributed by atoms with E-state index in [2.05, 4.69) is 5.32 Å². The van der Waals surface area contributed by atoms with Gasteiger partial charge in [0.15, 0.2) is 0 Å². The lowest BCUT2D eigenvalue weighted by Gasteiger charge is -2.42. The third-order valence-corrected chi connectivity index (χ3v) is 7.14. The number of amides is 2. The number of hydrogen-bond donors (Lipinski definition) is 1. The molecular weight excluding hydrogens is 464 g/mol. The Balaban J connectivity index is 1.49. The second-order valence-electron chi connectivity index (χ2n) is 9.13. The van der Waals surface area contributed by atoms with Crippen molar-refractivity contribution in [3.8, 4) is 6.07 Å². The third-order valence-electron chi connectivity index (χ3n) is 7.14. The van der Waals surface area contributed by atoms with E-state index in [1.165, 1.54) is 18.2 Å². The number of anilines is 2. The first-order chi connectivity index (χ1) is 16.7. The van der Waals surface area contributed by atoms with Crippen LogP contribution in [0.5, 0.6) is 0 Å². The highest BCUT2D eigenvalue weighted by molar-refractivity contribution is 5.89. The molecule has 1 unspecified atom stereocenters. The van der Waals surface area contributed by atoms with Gasteiger partial charge in [-0.25, -0.2) is 9.18 Å². The van der Waals surface area contributed by atoms with Crippen molar-refractivity contribution >= 4 is 17.4 Å². The average Bonchev–Trinajstić information content (AvgIpc) is 3.17. The Morgan fingerprint density at radius 1 is 1.23 bits per heavy atom. The van der Waals surface area contributed by atoms with Crippen LogP contribution in [-0.2, 0) is 10.9 Å². The summed E-state index contributed by atoms with van der Waals surface area (Å²) < 4.78 is 59.8. The molecule has 2 aliphatic heterocycles. The maximum atomic E-state index is 13.9. The van der Waals surface area contributed by atoms with Crippen molar-refractivity contribution in [2.45, 2.75) is 19.0 Å². The first-order valence-electron chi connectivity index (χ1n) is 11.3. The number of para-hydroxylation sites is 1. The molecule has 2 amide bonds. The molecule has 0 aliphatic carbocycles. The second-order valence-corrected chi connectivity index (χ2v) is 9.13. The number of alkyl halides is 3. The van der Waals surface area contributed by atoms with Crippen molar-refractivity contribution in [2.24, 2.45) is 11.3 Å². The SMILES string of the molecule is COCC1CN(c2ccc(C#N)c(C(F)(F)F)c2)CC12CCN(C(=O)Nc1ccccc1F)CC2. The molecule has 186 valence electrons. The standard InChI is InChI=1S/C25H26F4N4O2/c1-35-15-18-14-33(19-7-6-17(13-30)20(12-19)25(27,28)29)16-24(18)8-10-32(11-9-24)23(34)31-22-5-3-2-4-21(22)26/h2-7,12,18H,8-11,14-16H2,1H3,(H,31,34). The van der Waals surface area contributed by atoms with Gasteiger partial charge in [0.05, 0.1) is 29.5 Å². The van der Waals surface area contributed by atoms with Crippen LogP contribution in [0.3, 0.4) is 0 Å². The lowest BCUT2D eigenvalue weighted by atomic mass is 9.71. The van der Waals surface area contributed by atoms with Gasteiger partial charge >= 0.3 is 12.2 Å². The predicted molar refractivity (Wildman–Crippen MR) is 122 cm³/mol. The lowest BCUT2D eigenvalue weighted by molar-refractivity contribution is -0.137. The fourth-order valence-electron chi connectivity index (χ4n) is 5.20. The predicted octanol–water partition coefficient (Wildman–Crippen LogP) is 5.11. The molecule has 2 fully saturated rings. The van der Waals surface area contributed by atoms with Crippen molar-refractivity contribution in [3.63, 3.8) is 0 Å². The van der Waals surface area contributed by atoms with Crippen LogP contribution in [0.2, 0.25) is 0 Å². The topological polar surface area (TPSA) is 68.6 Å². The van der Waals surface area contributed by atoms with E-state index >= 15 is 0 Å². The number of halogens is 4. The zero-order valence-corrected chi connectivity index (χ0v) is 19.2. The number of carbonyl (C=O) groups is 1. The Hall–Kier alpha value is -3.32. The zero-order chi connectivity index (χ0) is 25.2. The maximum Gasteiger partial charge on any atom is 0.417 e. The third kappa shape index (κ3) is 5.05. The van der Waals surface area contributed by atoms with Crippen LogP contribution >= 0.6 is 0 Å². The molecule has 2 aliphatic rings. The lowest BCUT2D eigenvalue weighted by Crippen LogP contribution is -2.48. The normalized spacial score (nSPS) is 19.6. The highest BCUT2D eigenvalue weighted by atomic mass is 19.4. The summed E-state index contributed by atoms with van der Waals surface area (Å²) >= 11 is 0. The summed E-state index contributed by atoms with van der Waals surface area (Å²) in [6, 6.07) is 11.0. The molecule has 6 nitrogen and oxygen atoms in total. The summed E-state index contributed by atoms with van der Waals surface area (Å²) in [5.74, 6) is -0.448. The largest absolute Gasteiger partial charge is 0.417 e. The summed E-state index contributed by atoms with van der Waals surface area (Å²) in [5.41, 5.74) is -1.06. The molecule has 10 heteroatoms. The van der Waals surface area contributed by atoms with Gasteiger partial charge in [0.25, 0.3) is 0 Å². The van der Waals surface area contributed by atoms with Crippen molar-refractivity contribution in [2.75, 3.05) is 50.1 Å². The van der Waals surface area contributed by atoms with Crippen molar-refractivity contribution in [3.05, 3.63) is 59.4 Å². The van der Waals surface area contributed by atoms with Crippen LogP contribution in [0.15, 0.2) is 42.5 Å². The number of likely N-dealkylation sites (tertiary alicyclic amines) is 1. The van der Waals surface area contributed by atoms with E-state index in [9.17, 15) is 22.4 Å². The molecule has 0 bridgehead atoms. The Kier molecular flexibility index (Phi) is 6.90. The Labute approximate surface area is 201 Å². The molecule has 0 aromatic heterocycles. The van der Waals surface area contributed by atoms with Gasteiger partial charge in [0, 0.05) is 44.9 Å². The molecule has 1 spiro atoms. The molecule has 1 N–H and O–H groups in total. The van der Waals surface area contributed by atoms with Gasteiger partial charge in [-0.05, 0) is 48.6 Å². The minimum atomic E-state index is -4.62. The van der Waals surface area contributed by atoms with Crippen molar-refractivity contribution in [1.29, 1.82) is 5.26 Å². The highest BCUT2D eigenvalue weighted by Gasteiger charge is 2.49. The minimum Gasteiger partial charge on any atom is -0.384 e. The van der Waals surface area contributed by atoms with Gasteiger partial charge < -0.3 is 19.9 Å². The molecule has 35 heavy (non-hydrogen) atoms. The number of methoxy groups -OCH3 is 1. The fraction of sp³-hybridized carbons (Fsp3) is 0.440. The van der Waals surface area contributed by atoms with E-state index in [-0.39, 0.29) is 23.1 Å². The second kappa shape index (κ2) is 9.74. The molecular formula is C25H26F4N4O2. The summed E-state index contributed by atoms with van der Waals surface area (Å²) in [5, 5.41) is 11.7. The summed E-state index contributed by atoms with van der Waals surface area (Å²) in [4.78, 5) is 16.2. The first-order valence-corrected chi connectivity index (χ1v) is 11.3. The van der Waals surface area contributed by atoms with Gasteiger partial charge in [0.1, 0.15) is 5.82 Å². The number of piperidine rings is 1. The van der Waals surface area contributed by atoms with Crippen LogP contribution in [0, 0.1) is 28.5 Å². The summed E-state index contributed by atoms with van der Waals surface area (Å²) in [6.07, 6.45) is -3.34. The molecule has 0 radical (unpaired) electrons.